The summed E-state index contributed by atoms with van der Waals surface area (Å²) in [6, 6.07) is 2.75. The molecule has 0 bridgehead atoms. The maximum absolute atomic E-state index is 13.6. The first-order chi connectivity index (χ1) is 9.47. The Morgan fingerprint density at radius 2 is 2.20 bits per heavy atom. The fourth-order valence-electron chi connectivity index (χ4n) is 2.21. The summed E-state index contributed by atoms with van der Waals surface area (Å²) in [5.74, 6) is -0.727. The van der Waals surface area contributed by atoms with Crippen LogP contribution in [0.1, 0.15) is 35.2 Å². The molecule has 1 fully saturated rings. The van der Waals surface area contributed by atoms with E-state index in [1.165, 1.54) is 12.1 Å². The molecule has 0 aliphatic heterocycles. The molecule has 3 N–H and O–H groups in total. The van der Waals surface area contributed by atoms with Crippen LogP contribution in [0.4, 0.5) is 10.1 Å². The van der Waals surface area contributed by atoms with E-state index >= 15 is 0 Å². The van der Waals surface area contributed by atoms with Gasteiger partial charge in [-0.05, 0) is 43.7 Å². The summed E-state index contributed by atoms with van der Waals surface area (Å²) in [5.41, 5.74) is 6.80. The Morgan fingerprint density at radius 1 is 1.50 bits per heavy atom. The van der Waals surface area contributed by atoms with E-state index in [4.69, 9.17) is 10.5 Å². The van der Waals surface area contributed by atoms with Gasteiger partial charge in [0.05, 0.1) is 0 Å². The molecule has 0 atom stereocenters. The van der Waals surface area contributed by atoms with Crippen molar-refractivity contribution in [2.75, 3.05) is 26.0 Å². The summed E-state index contributed by atoms with van der Waals surface area (Å²) in [6.45, 7) is 2.89. The lowest BCUT2D eigenvalue weighted by molar-refractivity contribution is 0.0937. The number of benzene rings is 1. The molecular formula is C15H21FN2O2. The highest BCUT2D eigenvalue weighted by molar-refractivity contribution is 5.95. The standard InChI is InChI=1S/C15H21FN2O2/c1-10-12(16)7-11(8-13(10)17)14(19)18-9-15(3-4-15)5-6-20-2/h7-8H,3-6,9,17H2,1-2H3,(H,18,19). The monoisotopic (exact) mass is 280 g/mol. The highest BCUT2D eigenvalue weighted by Crippen LogP contribution is 2.48. The van der Waals surface area contributed by atoms with Crippen molar-refractivity contribution in [3.8, 4) is 0 Å². The number of carbonyl (C=O) groups excluding carboxylic acids is 1. The maximum atomic E-state index is 13.6. The molecule has 0 spiro atoms. The number of amides is 1. The van der Waals surface area contributed by atoms with Gasteiger partial charge >= 0.3 is 0 Å². The van der Waals surface area contributed by atoms with Crippen LogP contribution in [0.3, 0.4) is 0 Å². The molecule has 5 heteroatoms. The fraction of sp³-hybridized carbons (Fsp3) is 0.533. The number of nitrogens with one attached hydrogen (secondary N) is 1. The number of rotatable bonds is 6. The summed E-state index contributed by atoms with van der Waals surface area (Å²) in [6.07, 6.45) is 3.14. The number of carbonyl (C=O) groups is 1. The Hall–Kier alpha value is -1.62. The zero-order valence-corrected chi connectivity index (χ0v) is 12.0. The van der Waals surface area contributed by atoms with E-state index in [1.54, 1.807) is 14.0 Å². The van der Waals surface area contributed by atoms with Crippen LogP contribution in [0, 0.1) is 18.2 Å². The molecule has 1 amide bonds. The molecule has 0 radical (unpaired) electrons. The minimum Gasteiger partial charge on any atom is -0.398 e. The second-order valence-electron chi connectivity index (χ2n) is 5.60. The first kappa shape index (κ1) is 14.8. The van der Waals surface area contributed by atoms with Crippen molar-refractivity contribution in [1.29, 1.82) is 0 Å². The van der Waals surface area contributed by atoms with Gasteiger partial charge in [-0.15, -0.1) is 0 Å². The maximum Gasteiger partial charge on any atom is 0.251 e. The molecule has 20 heavy (non-hydrogen) atoms. The zero-order valence-electron chi connectivity index (χ0n) is 12.0. The van der Waals surface area contributed by atoms with Crippen LogP contribution in [-0.2, 0) is 4.74 Å². The van der Waals surface area contributed by atoms with Gasteiger partial charge in [0, 0.05) is 37.1 Å². The Bertz CT molecular complexity index is 490. The summed E-state index contributed by atoms with van der Waals surface area (Å²) in [5, 5.41) is 2.87. The number of halogens is 1. The van der Waals surface area contributed by atoms with Gasteiger partial charge in [-0.1, -0.05) is 0 Å². The van der Waals surface area contributed by atoms with E-state index in [9.17, 15) is 9.18 Å². The number of anilines is 1. The number of hydrogen-bond acceptors (Lipinski definition) is 3. The highest BCUT2D eigenvalue weighted by Gasteiger charge is 2.42. The third-order valence-electron chi connectivity index (χ3n) is 4.06. The van der Waals surface area contributed by atoms with E-state index in [1.807, 2.05) is 0 Å². The molecule has 1 saturated carbocycles. The van der Waals surface area contributed by atoms with Gasteiger partial charge in [-0.25, -0.2) is 4.39 Å². The molecule has 2 rings (SSSR count). The van der Waals surface area contributed by atoms with E-state index in [0.29, 0.717) is 24.4 Å². The number of methoxy groups -OCH3 is 1. The van der Waals surface area contributed by atoms with Gasteiger partial charge in [0.15, 0.2) is 0 Å². The van der Waals surface area contributed by atoms with Crippen molar-refractivity contribution in [3.05, 3.63) is 29.1 Å². The van der Waals surface area contributed by atoms with Gasteiger partial charge < -0.3 is 15.8 Å². The molecule has 0 heterocycles. The van der Waals surface area contributed by atoms with Crippen molar-refractivity contribution in [2.45, 2.75) is 26.2 Å². The van der Waals surface area contributed by atoms with Gasteiger partial charge in [0.2, 0.25) is 0 Å². The second-order valence-corrected chi connectivity index (χ2v) is 5.60. The zero-order chi connectivity index (χ0) is 14.8. The average Bonchev–Trinajstić information content (AvgIpc) is 3.20. The second kappa shape index (κ2) is 5.79. The lowest BCUT2D eigenvalue weighted by atomic mass is 10.0. The largest absolute Gasteiger partial charge is 0.398 e. The molecule has 1 aromatic carbocycles. The summed E-state index contributed by atoms with van der Waals surface area (Å²) in [4.78, 5) is 12.0. The first-order valence-corrected chi connectivity index (χ1v) is 6.80. The van der Waals surface area contributed by atoms with Gasteiger partial charge in [-0.2, -0.15) is 0 Å². The van der Waals surface area contributed by atoms with Crippen LogP contribution >= 0.6 is 0 Å². The molecule has 0 unspecified atom stereocenters. The third kappa shape index (κ3) is 3.28. The first-order valence-electron chi connectivity index (χ1n) is 6.80. The quantitative estimate of drug-likeness (QED) is 0.786. The van der Waals surface area contributed by atoms with Crippen molar-refractivity contribution < 1.29 is 13.9 Å². The number of hydrogen-bond donors (Lipinski definition) is 2. The summed E-state index contributed by atoms with van der Waals surface area (Å²) >= 11 is 0. The van der Waals surface area contributed by atoms with Gasteiger partial charge in [0.1, 0.15) is 5.82 Å². The van der Waals surface area contributed by atoms with E-state index in [2.05, 4.69) is 5.32 Å². The summed E-state index contributed by atoms with van der Waals surface area (Å²) < 4.78 is 18.7. The molecule has 1 aliphatic rings. The van der Waals surface area contributed by atoms with Crippen LogP contribution in [-0.4, -0.2) is 26.2 Å². The minimum absolute atomic E-state index is 0.167. The van der Waals surface area contributed by atoms with Crippen LogP contribution in [0.25, 0.3) is 0 Å². The topological polar surface area (TPSA) is 64.3 Å². The van der Waals surface area contributed by atoms with Crippen molar-refractivity contribution in [3.63, 3.8) is 0 Å². The Kier molecular flexibility index (Phi) is 4.28. The van der Waals surface area contributed by atoms with E-state index in [-0.39, 0.29) is 16.9 Å². The van der Waals surface area contributed by atoms with Crippen LogP contribution in [0.15, 0.2) is 12.1 Å². The van der Waals surface area contributed by atoms with Crippen molar-refractivity contribution in [2.24, 2.45) is 5.41 Å². The smallest absolute Gasteiger partial charge is 0.251 e. The molecule has 110 valence electrons. The lowest BCUT2D eigenvalue weighted by Gasteiger charge is -2.16. The van der Waals surface area contributed by atoms with Crippen LogP contribution in [0.2, 0.25) is 0 Å². The van der Waals surface area contributed by atoms with Gasteiger partial charge in [0.25, 0.3) is 5.91 Å². The fourth-order valence-corrected chi connectivity index (χ4v) is 2.21. The molecule has 4 nitrogen and oxygen atoms in total. The van der Waals surface area contributed by atoms with E-state index in [0.717, 1.165) is 19.3 Å². The van der Waals surface area contributed by atoms with Gasteiger partial charge in [-0.3, -0.25) is 4.79 Å². The Morgan fingerprint density at radius 3 is 2.75 bits per heavy atom. The SMILES string of the molecule is COCCC1(CNC(=O)c2cc(N)c(C)c(F)c2)CC1. The molecule has 1 aromatic rings. The predicted octanol–water partition coefficient (Wildman–Crippen LogP) is 2.26. The average molecular weight is 280 g/mol. The van der Waals surface area contributed by atoms with E-state index < -0.39 is 5.82 Å². The molecular weight excluding hydrogens is 259 g/mol. The minimum atomic E-state index is -0.448. The van der Waals surface area contributed by atoms with Crippen LogP contribution in [0.5, 0.6) is 0 Å². The third-order valence-corrected chi connectivity index (χ3v) is 4.06. The number of nitrogens with two attached hydrogens (primary N) is 1. The predicted molar refractivity (Wildman–Crippen MR) is 76.0 cm³/mol. The van der Waals surface area contributed by atoms with Crippen molar-refractivity contribution in [1.82, 2.24) is 5.32 Å². The number of ether oxygens (including phenoxy) is 1. The summed E-state index contributed by atoms with van der Waals surface area (Å²) in [7, 11) is 1.67. The highest BCUT2D eigenvalue weighted by atomic mass is 19.1. The normalized spacial score (nSPS) is 15.9. The molecule has 1 aliphatic carbocycles. The Labute approximate surface area is 118 Å². The Balaban J connectivity index is 1.96. The lowest BCUT2D eigenvalue weighted by Crippen LogP contribution is -2.31. The number of nitrogen functional groups attached to an aromatic ring is 1. The van der Waals surface area contributed by atoms with Crippen molar-refractivity contribution >= 4 is 11.6 Å². The van der Waals surface area contributed by atoms with Crippen LogP contribution < -0.4 is 11.1 Å². The molecule has 0 saturated heterocycles. The molecule has 0 aromatic heterocycles.